The highest BCUT2D eigenvalue weighted by atomic mass is 35.5. The van der Waals surface area contributed by atoms with Gasteiger partial charge in [-0.2, -0.15) is 0 Å². The molecule has 0 aliphatic heterocycles. The predicted octanol–water partition coefficient (Wildman–Crippen LogP) is 2.97. The first-order valence-electron chi connectivity index (χ1n) is 6.74. The number of rotatable bonds is 6. The van der Waals surface area contributed by atoms with Crippen LogP contribution in [0, 0.1) is 0 Å². The van der Waals surface area contributed by atoms with Gasteiger partial charge in [0.1, 0.15) is 0 Å². The molecule has 0 spiro atoms. The molecule has 3 nitrogen and oxygen atoms in total. The van der Waals surface area contributed by atoms with Gasteiger partial charge in [-0.05, 0) is 38.3 Å². The minimum absolute atomic E-state index is 0.798. The van der Waals surface area contributed by atoms with E-state index < -0.39 is 0 Å². The van der Waals surface area contributed by atoms with Crippen molar-refractivity contribution in [2.24, 2.45) is 0 Å². The first-order chi connectivity index (χ1) is 9.11. The molecule has 19 heavy (non-hydrogen) atoms. The molecule has 0 aliphatic rings. The maximum atomic E-state index is 6.13. The zero-order valence-corrected chi connectivity index (χ0v) is 12.7. The van der Waals surface area contributed by atoms with Crippen LogP contribution in [0.2, 0.25) is 5.02 Å². The van der Waals surface area contributed by atoms with Crippen LogP contribution >= 0.6 is 11.6 Å². The van der Waals surface area contributed by atoms with Gasteiger partial charge < -0.3 is 14.8 Å². The summed E-state index contributed by atoms with van der Waals surface area (Å²) >= 11 is 6.13. The summed E-state index contributed by atoms with van der Waals surface area (Å²) < 4.78 is 2.30. The molecule has 104 valence electrons. The molecular weight excluding hydrogens is 258 g/mol. The summed E-state index contributed by atoms with van der Waals surface area (Å²) in [5.41, 5.74) is 2.56. The maximum Gasteiger partial charge on any atom is 0.0499 e. The molecule has 1 N–H and O–H groups in total. The van der Waals surface area contributed by atoms with Crippen LogP contribution in [0.15, 0.2) is 24.4 Å². The van der Waals surface area contributed by atoms with Crippen molar-refractivity contribution >= 4 is 22.5 Å². The molecular formula is C15H22ClN3. The second kappa shape index (κ2) is 6.42. The molecule has 2 aromatic rings. The van der Waals surface area contributed by atoms with Gasteiger partial charge in [0.15, 0.2) is 0 Å². The fourth-order valence-electron chi connectivity index (χ4n) is 2.23. The van der Waals surface area contributed by atoms with E-state index >= 15 is 0 Å². The van der Waals surface area contributed by atoms with Gasteiger partial charge in [0.25, 0.3) is 0 Å². The summed E-state index contributed by atoms with van der Waals surface area (Å²) in [5, 5.41) is 5.49. The Balaban J connectivity index is 2.35. The molecule has 0 saturated heterocycles. The first kappa shape index (κ1) is 14.4. The van der Waals surface area contributed by atoms with E-state index in [-0.39, 0.29) is 0 Å². The van der Waals surface area contributed by atoms with E-state index in [2.05, 4.69) is 54.1 Å². The predicted molar refractivity (Wildman–Crippen MR) is 82.9 cm³/mol. The number of nitrogens with zero attached hydrogens (tertiary/aromatic N) is 2. The molecule has 1 heterocycles. The lowest BCUT2D eigenvalue weighted by Crippen LogP contribution is -2.18. The number of likely N-dealkylation sites (N-methyl/N-ethyl adjacent to an activating group) is 1. The van der Waals surface area contributed by atoms with Crippen molar-refractivity contribution in [2.75, 3.05) is 27.2 Å². The van der Waals surface area contributed by atoms with Gasteiger partial charge in [-0.1, -0.05) is 24.6 Å². The van der Waals surface area contributed by atoms with Crippen molar-refractivity contribution in [3.63, 3.8) is 0 Å². The largest absolute Gasteiger partial charge is 0.346 e. The lowest BCUT2D eigenvalue weighted by molar-refractivity contribution is 0.387. The first-order valence-corrected chi connectivity index (χ1v) is 7.12. The van der Waals surface area contributed by atoms with Crippen LogP contribution in [0.25, 0.3) is 10.9 Å². The van der Waals surface area contributed by atoms with Crippen molar-refractivity contribution in [3.8, 4) is 0 Å². The van der Waals surface area contributed by atoms with Crippen LogP contribution in [-0.2, 0) is 13.1 Å². The quantitative estimate of drug-likeness (QED) is 0.877. The Morgan fingerprint density at radius 3 is 2.79 bits per heavy atom. The van der Waals surface area contributed by atoms with Gasteiger partial charge in [-0.15, -0.1) is 0 Å². The third kappa shape index (κ3) is 3.50. The molecule has 4 heteroatoms. The van der Waals surface area contributed by atoms with Crippen molar-refractivity contribution in [3.05, 3.63) is 35.0 Å². The Bertz CT molecular complexity index is 546. The lowest BCUT2D eigenvalue weighted by Gasteiger charge is -2.11. The average Bonchev–Trinajstić information content (AvgIpc) is 2.71. The number of nitrogens with one attached hydrogen (secondary N) is 1. The Kier molecular flexibility index (Phi) is 4.86. The molecule has 0 amide bonds. The third-order valence-corrected chi connectivity index (χ3v) is 3.52. The molecule has 0 atom stereocenters. The maximum absolute atomic E-state index is 6.13. The van der Waals surface area contributed by atoms with E-state index in [0.717, 1.165) is 31.2 Å². The highest BCUT2D eigenvalue weighted by Gasteiger charge is 2.08. The van der Waals surface area contributed by atoms with Gasteiger partial charge in [0.2, 0.25) is 0 Å². The second-order valence-electron chi connectivity index (χ2n) is 5.09. The topological polar surface area (TPSA) is 20.2 Å². The van der Waals surface area contributed by atoms with E-state index in [1.165, 1.54) is 16.5 Å². The number of halogens is 1. The smallest absolute Gasteiger partial charge is 0.0499 e. The van der Waals surface area contributed by atoms with Crippen molar-refractivity contribution in [1.82, 2.24) is 14.8 Å². The SMILES string of the molecule is CCNCc1cn(CCN(C)C)c2cc(Cl)ccc12. The summed E-state index contributed by atoms with van der Waals surface area (Å²) in [4.78, 5) is 2.19. The molecule has 0 aliphatic carbocycles. The number of hydrogen-bond donors (Lipinski definition) is 1. The van der Waals surface area contributed by atoms with Crippen molar-refractivity contribution in [1.29, 1.82) is 0 Å². The standard InChI is InChI=1S/C15H22ClN3/c1-4-17-10-12-11-19(8-7-18(2)3)15-9-13(16)5-6-14(12)15/h5-6,9,11,17H,4,7-8,10H2,1-3H3. The van der Waals surface area contributed by atoms with Crippen molar-refractivity contribution < 1.29 is 0 Å². The van der Waals surface area contributed by atoms with E-state index in [0.29, 0.717) is 0 Å². The normalized spacial score (nSPS) is 11.6. The molecule has 0 unspecified atom stereocenters. The van der Waals surface area contributed by atoms with E-state index in [9.17, 15) is 0 Å². The highest BCUT2D eigenvalue weighted by Crippen LogP contribution is 2.24. The van der Waals surface area contributed by atoms with Crippen LogP contribution in [0.5, 0.6) is 0 Å². The van der Waals surface area contributed by atoms with Crippen LogP contribution < -0.4 is 5.32 Å². The van der Waals surface area contributed by atoms with Gasteiger partial charge in [-0.25, -0.2) is 0 Å². The van der Waals surface area contributed by atoms with E-state index in [4.69, 9.17) is 11.6 Å². The van der Waals surface area contributed by atoms with Gasteiger partial charge in [0, 0.05) is 41.8 Å². The summed E-state index contributed by atoms with van der Waals surface area (Å²) in [6.07, 6.45) is 2.24. The third-order valence-electron chi connectivity index (χ3n) is 3.28. The summed E-state index contributed by atoms with van der Waals surface area (Å²) in [6.45, 7) is 6.02. The number of benzene rings is 1. The minimum Gasteiger partial charge on any atom is -0.346 e. The Hall–Kier alpha value is -1.03. The van der Waals surface area contributed by atoms with Gasteiger partial charge >= 0.3 is 0 Å². The fraction of sp³-hybridized carbons (Fsp3) is 0.467. The van der Waals surface area contributed by atoms with Crippen molar-refractivity contribution in [2.45, 2.75) is 20.0 Å². The average molecular weight is 280 g/mol. The second-order valence-corrected chi connectivity index (χ2v) is 5.53. The monoisotopic (exact) mass is 279 g/mol. The summed E-state index contributed by atoms with van der Waals surface area (Å²) in [5.74, 6) is 0. The Morgan fingerprint density at radius 2 is 2.11 bits per heavy atom. The number of fused-ring (bicyclic) bond motifs is 1. The van der Waals surface area contributed by atoms with Crippen LogP contribution in [0.1, 0.15) is 12.5 Å². The van der Waals surface area contributed by atoms with Gasteiger partial charge in [-0.3, -0.25) is 0 Å². The molecule has 0 saturated carbocycles. The van der Waals surface area contributed by atoms with Crippen LogP contribution in [0.4, 0.5) is 0 Å². The lowest BCUT2D eigenvalue weighted by atomic mass is 10.2. The minimum atomic E-state index is 0.798. The molecule has 0 bridgehead atoms. The zero-order valence-electron chi connectivity index (χ0n) is 11.9. The molecule has 1 aromatic carbocycles. The molecule has 0 fully saturated rings. The highest BCUT2D eigenvalue weighted by molar-refractivity contribution is 6.31. The Morgan fingerprint density at radius 1 is 1.32 bits per heavy atom. The van der Waals surface area contributed by atoms with Gasteiger partial charge in [0.05, 0.1) is 0 Å². The number of hydrogen-bond acceptors (Lipinski definition) is 2. The van der Waals surface area contributed by atoms with Crippen LogP contribution in [-0.4, -0.2) is 36.7 Å². The Labute approximate surface area is 120 Å². The summed E-state index contributed by atoms with van der Waals surface area (Å²) in [7, 11) is 4.19. The van der Waals surface area contributed by atoms with E-state index in [1.54, 1.807) is 0 Å². The molecule has 2 rings (SSSR count). The fourth-order valence-corrected chi connectivity index (χ4v) is 2.40. The van der Waals surface area contributed by atoms with E-state index in [1.807, 2.05) is 6.07 Å². The summed E-state index contributed by atoms with van der Waals surface area (Å²) in [6, 6.07) is 6.15. The molecule has 1 aromatic heterocycles. The molecule has 0 radical (unpaired) electrons. The number of aromatic nitrogens is 1. The zero-order chi connectivity index (χ0) is 13.8. The van der Waals surface area contributed by atoms with Crippen LogP contribution in [0.3, 0.4) is 0 Å².